The molecule has 1 aromatic carbocycles. The molecule has 12 heavy (non-hydrogen) atoms. The summed E-state index contributed by atoms with van der Waals surface area (Å²) in [6.45, 7) is 4.06. The second kappa shape index (κ2) is 4.31. The number of para-hydroxylation sites is 1. The first-order chi connectivity index (χ1) is 5.74. The predicted molar refractivity (Wildman–Crippen MR) is 51.7 cm³/mol. The first-order valence-corrected chi connectivity index (χ1v) is 4.84. The molecule has 0 fully saturated rings. The Kier molecular flexibility index (Phi) is 3.35. The Morgan fingerprint density at radius 3 is 2.58 bits per heavy atom. The third-order valence-electron chi connectivity index (χ3n) is 1.53. The van der Waals surface area contributed by atoms with Gasteiger partial charge in [0.15, 0.2) is 0 Å². The van der Waals surface area contributed by atoms with Crippen molar-refractivity contribution < 1.29 is 4.74 Å². The number of hydrogen-bond acceptors (Lipinski definition) is 1. The summed E-state index contributed by atoms with van der Waals surface area (Å²) < 4.78 is 5.61. The van der Waals surface area contributed by atoms with Gasteiger partial charge < -0.3 is 4.74 Å². The van der Waals surface area contributed by atoms with Crippen LogP contribution in [0.4, 0.5) is 0 Å². The number of ether oxygens (including phenoxy) is 1. The molecule has 0 aliphatic heterocycles. The summed E-state index contributed by atoms with van der Waals surface area (Å²) >= 11 is 0. The summed E-state index contributed by atoms with van der Waals surface area (Å²) in [5.74, 6) is 0.975. The fourth-order valence-corrected chi connectivity index (χ4v) is 1.31. The van der Waals surface area contributed by atoms with E-state index in [1.165, 1.54) is 5.56 Å². The van der Waals surface area contributed by atoms with Gasteiger partial charge >= 0.3 is 0 Å². The molecule has 0 unspecified atom stereocenters. The third kappa shape index (κ3) is 2.38. The fourth-order valence-electron chi connectivity index (χ4n) is 1.02. The van der Waals surface area contributed by atoms with Crippen LogP contribution >= 0.6 is 0 Å². The van der Waals surface area contributed by atoms with Gasteiger partial charge in [0.25, 0.3) is 0 Å². The quantitative estimate of drug-likeness (QED) is 0.643. The van der Waals surface area contributed by atoms with Gasteiger partial charge in [-0.3, -0.25) is 0 Å². The maximum absolute atomic E-state index is 5.61. The van der Waals surface area contributed by atoms with Gasteiger partial charge in [-0.05, 0) is 31.5 Å². The van der Waals surface area contributed by atoms with Crippen LogP contribution in [0.2, 0.25) is 0 Å². The highest BCUT2D eigenvalue weighted by atomic mass is 28.1. The summed E-state index contributed by atoms with van der Waals surface area (Å²) in [7, 11) is 3.47. The van der Waals surface area contributed by atoms with Crippen molar-refractivity contribution in [3.05, 3.63) is 29.8 Å². The van der Waals surface area contributed by atoms with Crippen LogP contribution in [0.25, 0.3) is 0 Å². The first-order valence-electron chi connectivity index (χ1n) is 4.13. The van der Waals surface area contributed by atoms with Crippen LogP contribution in [0.5, 0.6) is 5.75 Å². The van der Waals surface area contributed by atoms with Crippen LogP contribution < -0.4 is 4.74 Å². The minimum absolute atomic E-state index is 0.240. The zero-order chi connectivity index (χ0) is 8.97. The lowest BCUT2D eigenvalue weighted by atomic mass is 10.2. The predicted octanol–water partition coefficient (Wildman–Crippen LogP) is 2.14. The molecule has 0 aliphatic rings. The molecular weight excluding hydrogens is 164 g/mol. The van der Waals surface area contributed by atoms with E-state index in [-0.39, 0.29) is 6.10 Å². The summed E-state index contributed by atoms with van der Waals surface area (Å²) in [5, 5.41) is 0. The van der Waals surface area contributed by atoms with Crippen molar-refractivity contribution in [1.29, 1.82) is 0 Å². The van der Waals surface area contributed by atoms with Crippen LogP contribution in [-0.2, 0) is 6.04 Å². The molecule has 0 amide bonds. The van der Waals surface area contributed by atoms with E-state index in [1.807, 2.05) is 32.0 Å². The monoisotopic (exact) mass is 177 g/mol. The standard InChI is InChI=1S/C10H13OSi/c1-8(2)11-10-6-4-3-5-9(10)7-12/h3-6,8H,7H2,1-2H3. The van der Waals surface area contributed by atoms with Crippen molar-refractivity contribution >= 4 is 10.2 Å². The smallest absolute Gasteiger partial charge is 0.122 e. The Morgan fingerprint density at radius 1 is 1.33 bits per heavy atom. The molecule has 0 heterocycles. The molecule has 0 spiro atoms. The number of rotatable bonds is 3. The highest BCUT2D eigenvalue weighted by molar-refractivity contribution is 6.08. The number of benzene rings is 1. The molecule has 0 N–H and O–H groups in total. The first kappa shape index (κ1) is 9.33. The topological polar surface area (TPSA) is 9.23 Å². The molecule has 1 aromatic rings. The summed E-state index contributed by atoms with van der Waals surface area (Å²) in [6, 6.07) is 8.90. The number of hydrogen-bond donors (Lipinski definition) is 0. The molecule has 0 atom stereocenters. The van der Waals surface area contributed by atoms with Crippen LogP contribution in [0.15, 0.2) is 24.3 Å². The van der Waals surface area contributed by atoms with Crippen molar-refractivity contribution in [2.24, 2.45) is 0 Å². The van der Waals surface area contributed by atoms with Crippen molar-refractivity contribution in [1.82, 2.24) is 0 Å². The van der Waals surface area contributed by atoms with E-state index >= 15 is 0 Å². The largest absolute Gasteiger partial charge is 0.491 e. The Labute approximate surface area is 77.2 Å². The van der Waals surface area contributed by atoms with Crippen molar-refractivity contribution in [2.75, 3.05) is 0 Å². The highest BCUT2D eigenvalue weighted by Crippen LogP contribution is 2.18. The van der Waals surface area contributed by atoms with E-state index in [1.54, 1.807) is 0 Å². The van der Waals surface area contributed by atoms with E-state index in [4.69, 9.17) is 4.74 Å². The zero-order valence-corrected chi connectivity index (χ0v) is 8.50. The molecular formula is C10H13OSi. The molecule has 1 rings (SSSR count). The molecule has 0 aliphatic carbocycles. The van der Waals surface area contributed by atoms with Crippen LogP contribution in [-0.4, -0.2) is 16.3 Å². The van der Waals surface area contributed by atoms with Gasteiger partial charge in [0.1, 0.15) is 5.75 Å². The lowest BCUT2D eigenvalue weighted by molar-refractivity contribution is 0.240. The summed E-state index contributed by atoms with van der Waals surface area (Å²) in [6.07, 6.45) is 0.240. The molecule has 63 valence electrons. The van der Waals surface area contributed by atoms with Gasteiger partial charge in [0.05, 0.1) is 6.10 Å². The molecule has 0 saturated heterocycles. The normalized spacial score (nSPS) is 10.3. The molecule has 0 bridgehead atoms. The Hall–Kier alpha value is -0.763. The van der Waals surface area contributed by atoms with E-state index in [0.717, 1.165) is 11.8 Å². The third-order valence-corrected chi connectivity index (χ3v) is 1.91. The van der Waals surface area contributed by atoms with E-state index < -0.39 is 0 Å². The van der Waals surface area contributed by atoms with Crippen LogP contribution in [0.1, 0.15) is 19.4 Å². The van der Waals surface area contributed by atoms with Crippen LogP contribution in [0.3, 0.4) is 0 Å². The molecule has 0 saturated carbocycles. The Bertz CT molecular complexity index is 245. The summed E-state index contributed by atoms with van der Waals surface area (Å²) in [5.41, 5.74) is 1.20. The molecule has 3 radical (unpaired) electrons. The van der Waals surface area contributed by atoms with Gasteiger partial charge in [0, 0.05) is 10.2 Å². The van der Waals surface area contributed by atoms with Crippen molar-refractivity contribution in [2.45, 2.75) is 26.0 Å². The van der Waals surface area contributed by atoms with Gasteiger partial charge in [-0.25, -0.2) is 0 Å². The van der Waals surface area contributed by atoms with Crippen molar-refractivity contribution in [3.8, 4) is 5.75 Å². The van der Waals surface area contributed by atoms with Crippen LogP contribution in [0, 0.1) is 0 Å². The van der Waals surface area contributed by atoms with Gasteiger partial charge in [0.2, 0.25) is 0 Å². The average Bonchev–Trinajstić information content (AvgIpc) is 2.04. The van der Waals surface area contributed by atoms with E-state index in [9.17, 15) is 0 Å². The van der Waals surface area contributed by atoms with Gasteiger partial charge in [-0.2, -0.15) is 0 Å². The Morgan fingerprint density at radius 2 is 2.00 bits per heavy atom. The molecule has 1 nitrogen and oxygen atoms in total. The SMILES string of the molecule is CC(C)Oc1ccccc1C[Si]. The van der Waals surface area contributed by atoms with Gasteiger partial charge in [-0.15, -0.1) is 0 Å². The molecule has 2 heteroatoms. The second-order valence-corrected chi connectivity index (χ2v) is 3.30. The highest BCUT2D eigenvalue weighted by Gasteiger charge is 2.01. The minimum Gasteiger partial charge on any atom is -0.491 e. The second-order valence-electron chi connectivity index (χ2n) is 2.95. The lowest BCUT2D eigenvalue weighted by Crippen LogP contribution is -2.07. The van der Waals surface area contributed by atoms with E-state index in [2.05, 4.69) is 16.3 Å². The maximum Gasteiger partial charge on any atom is 0.122 e. The van der Waals surface area contributed by atoms with E-state index in [0.29, 0.717) is 0 Å². The average molecular weight is 177 g/mol. The summed E-state index contributed by atoms with van der Waals surface area (Å²) in [4.78, 5) is 0. The van der Waals surface area contributed by atoms with Crippen molar-refractivity contribution in [3.63, 3.8) is 0 Å². The zero-order valence-electron chi connectivity index (χ0n) is 7.50. The van der Waals surface area contributed by atoms with Gasteiger partial charge in [-0.1, -0.05) is 18.2 Å². The fraction of sp³-hybridized carbons (Fsp3) is 0.400. The minimum atomic E-state index is 0.240. The Balaban J connectivity index is 2.82. The maximum atomic E-state index is 5.61. The molecule has 0 aromatic heterocycles. The lowest BCUT2D eigenvalue weighted by Gasteiger charge is -2.12.